The van der Waals surface area contributed by atoms with Gasteiger partial charge in [-0.2, -0.15) is 5.10 Å². The van der Waals surface area contributed by atoms with E-state index < -0.39 is 21.7 Å². The molecule has 4 aromatic rings. The van der Waals surface area contributed by atoms with E-state index in [0.717, 1.165) is 5.56 Å². The number of amides is 1. The molecule has 0 aliphatic heterocycles. The molecule has 10 heteroatoms. The first-order chi connectivity index (χ1) is 14.9. The molecule has 0 unspecified atom stereocenters. The van der Waals surface area contributed by atoms with Crippen LogP contribution in [0.5, 0.6) is 0 Å². The molecular formula is C21H16FN5O3S. The molecule has 8 nitrogen and oxygen atoms in total. The minimum absolute atomic E-state index is 0.00166. The van der Waals surface area contributed by atoms with Crippen molar-refractivity contribution in [1.82, 2.24) is 15.2 Å². The predicted octanol–water partition coefficient (Wildman–Crippen LogP) is 3.66. The Morgan fingerprint density at radius 1 is 1.00 bits per heavy atom. The lowest BCUT2D eigenvalue weighted by molar-refractivity contribution is 0.102. The number of halogens is 1. The van der Waals surface area contributed by atoms with Crippen molar-refractivity contribution in [2.75, 3.05) is 10.0 Å². The number of sulfonamides is 1. The molecule has 1 amide bonds. The Bertz CT molecular complexity index is 1310. The molecule has 31 heavy (non-hydrogen) atoms. The van der Waals surface area contributed by atoms with Crippen molar-refractivity contribution in [3.8, 4) is 11.3 Å². The normalized spacial score (nSPS) is 11.1. The molecule has 0 aliphatic rings. The number of carbonyl (C=O) groups excluding carboxylic acids is 1. The highest BCUT2D eigenvalue weighted by Gasteiger charge is 2.16. The molecule has 2 aromatic carbocycles. The predicted molar refractivity (Wildman–Crippen MR) is 113 cm³/mol. The van der Waals surface area contributed by atoms with Crippen LogP contribution in [0, 0.1) is 5.82 Å². The molecule has 4 rings (SSSR count). The third-order valence-corrected chi connectivity index (χ3v) is 5.69. The standard InChI is InChI=1S/C21H16FN5O3S/c22-16-5-3-14(4-6-16)21(28)24-17-7-9-18(10-8-17)31(29,30)27-20-12-19(25-26-20)15-2-1-11-23-13-15/h1-13H,(H,24,28)(H2,25,26,27). The summed E-state index contributed by atoms with van der Waals surface area (Å²) >= 11 is 0. The van der Waals surface area contributed by atoms with Gasteiger partial charge in [-0.25, -0.2) is 12.8 Å². The average Bonchev–Trinajstić information content (AvgIpc) is 3.23. The molecule has 2 heterocycles. The van der Waals surface area contributed by atoms with E-state index in [1.54, 1.807) is 24.5 Å². The van der Waals surface area contributed by atoms with Crippen LogP contribution in [0.3, 0.4) is 0 Å². The Morgan fingerprint density at radius 2 is 1.74 bits per heavy atom. The second-order valence-corrected chi connectivity index (χ2v) is 8.18. The summed E-state index contributed by atoms with van der Waals surface area (Å²) in [5.41, 5.74) is 2.06. The third-order valence-electron chi connectivity index (χ3n) is 4.32. The zero-order valence-electron chi connectivity index (χ0n) is 15.9. The summed E-state index contributed by atoms with van der Waals surface area (Å²) in [7, 11) is -3.89. The van der Waals surface area contributed by atoms with Gasteiger partial charge >= 0.3 is 0 Å². The van der Waals surface area contributed by atoms with E-state index in [1.807, 2.05) is 6.07 Å². The van der Waals surface area contributed by atoms with E-state index in [0.29, 0.717) is 11.4 Å². The number of anilines is 2. The SMILES string of the molecule is O=C(Nc1ccc(S(=O)(=O)Nc2cc(-c3cccnc3)[nH]n2)cc1)c1ccc(F)cc1. The van der Waals surface area contributed by atoms with Gasteiger partial charge in [0.25, 0.3) is 15.9 Å². The van der Waals surface area contributed by atoms with Gasteiger partial charge in [-0.05, 0) is 60.7 Å². The van der Waals surface area contributed by atoms with Crippen LogP contribution in [0.15, 0.2) is 84.0 Å². The quantitative estimate of drug-likeness (QED) is 0.426. The number of carbonyl (C=O) groups is 1. The molecule has 0 saturated carbocycles. The van der Waals surface area contributed by atoms with Crippen LogP contribution in [0.4, 0.5) is 15.9 Å². The van der Waals surface area contributed by atoms with Crippen LogP contribution in [-0.2, 0) is 10.0 Å². The number of nitrogens with one attached hydrogen (secondary N) is 3. The van der Waals surface area contributed by atoms with Gasteiger partial charge in [-0.1, -0.05) is 0 Å². The van der Waals surface area contributed by atoms with E-state index in [2.05, 4.69) is 25.2 Å². The number of rotatable bonds is 6. The third kappa shape index (κ3) is 4.75. The zero-order chi connectivity index (χ0) is 21.8. The molecule has 0 spiro atoms. The summed E-state index contributed by atoms with van der Waals surface area (Å²) in [6.07, 6.45) is 3.26. The zero-order valence-corrected chi connectivity index (χ0v) is 16.7. The largest absolute Gasteiger partial charge is 0.322 e. The molecule has 2 aromatic heterocycles. The maximum absolute atomic E-state index is 13.0. The number of hydrogen-bond donors (Lipinski definition) is 3. The lowest BCUT2D eigenvalue weighted by Gasteiger charge is -2.08. The molecule has 0 saturated heterocycles. The first kappa shape index (κ1) is 20.2. The summed E-state index contributed by atoms with van der Waals surface area (Å²) in [5.74, 6) is -0.746. The number of aromatic nitrogens is 3. The topological polar surface area (TPSA) is 117 Å². The van der Waals surface area contributed by atoms with E-state index in [4.69, 9.17) is 0 Å². The highest BCUT2D eigenvalue weighted by molar-refractivity contribution is 7.92. The summed E-state index contributed by atoms with van der Waals surface area (Å²) < 4.78 is 40.6. The van der Waals surface area contributed by atoms with Crippen molar-refractivity contribution in [3.05, 3.63) is 90.5 Å². The van der Waals surface area contributed by atoms with Crippen molar-refractivity contribution >= 4 is 27.4 Å². The van der Waals surface area contributed by atoms with Crippen LogP contribution in [0.25, 0.3) is 11.3 Å². The Labute approximate surface area is 177 Å². The minimum Gasteiger partial charge on any atom is -0.322 e. The minimum atomic E-state index is -3.89. The fourth-order valence-electron chi connectivity index (χ4n) is 2.76. The first-order valence-electron chi connectivity index (χ1n) is 9.06. The second kappa shape index (κ2) is 8.36. The second-order valence-electron chi connectivity index (χ2n) is 6.50. The lowest BCUT2D eigenvalue weighted by atomic mass is 10.2. The monoisotopic (exact) mass is 437 g/mol. The van der Waals surface area contributed by atoms with Crippen molar-refractivity contribution in [3.63, 3.8) is 0 Å². The van der Waals surface area contributed by atoms with Crippen LogP contribution >= 0.6 is 0 Å². The van der Waals surface area contributed by atoms with Gasteiger partial charge in [0.05, 0.1) is 10.6 Å². The Kier molecular flexibility index (Phi) is 5.46. The highest BCUT2D eigenvalue weighted by Crippen LogP contribution is 2.22. The fraction of sp³-hybridized carbons (Fsp3) is 0. The van der Waals surface area contributed by atoms with Crippen LogP contribution < -0.4 is 10.0 Å². The van der Waals surface area contributed by atoms with Gasteiger partial charge in [0.2, 0.25) is 0 Å². The van der Waals surface area contributed by atoms with E-state index in [-0.39, 0.29) is 16.3 Å². The summed E-state index contributed by atoms with van der Waals surface area (Å²) in [6.45, 7) is 0. The Morgan fingerprint density at radius 3 is 2.42 bits per heavy atom. The molecule has 0 aliphatic carbocycles. The summed E-state index contributed by atoms with van der Waals surface area (Å²) in [6, 6.07) is 15.9. The number of benzene rings is 2. The summed E-state index contributed by atoms with van der Waals surface area (Å²) in [5, 5.41) is 9.36. The van der Waals surface area contributed by atoms with Crippen LogP contribution in [-0.4, -0.2) is 29.5 Å². The maximum atomic E-state index is 13.0. The lowest BCUT2D eigenvalue weighted by Crippen LogP contribution is -2.14. The fourth-order valence-corrected chi connectivity index (χ4v) is 3.75. The number of pyridine rings is 1. The van der Waals surface area contributed by atoms with E-state index in [9.17, 15) is 17.6 Å². The van der Waals surface area contributed by atoms with E-state index >= 15 is 0 Å². The highest BCUT2D eigenvalue weighted by atomic mass is 32.2. The van der Waals surface area contributed by atoms with Gasteiger partial charge in [-0.3, -0.25) is 19.6 Å². The van der Waals surface area contributed by atoms with Crippen molar-refractivity contribution < 1.29 is 17.6 Å². The van der Waals surface area contributed by atoms with Gasteiger partial charge in [0.1, 0.15) is 5.82 Å². The molecule has 0 fully saturated rings. The Balaban J connectivity index is 1.45. The van der Waals surface area contributed by atoms with Gasteiger partial charge in [0, 0.05) is 35.3 Å². The van der Waals surface area contributed by atoms with Crippen molar-refractivity contribution in [1.29, 1.82) is 0 Å². The maximum Gasteiger partial charge on any atom is 0.263 e. The number of nitrogens with zero attached hydrogens (tertiary/aromatic N) is 2. The molecule has 0 radical (unpaired) electrons. The van der Waals surface area contributed by atoms with Crippen molar-refractivity contribution in [2.45, 2.75) is 4.90 Å². The van der Waals surface area contributed by atoms with Crippen LogP contribution in [0.2, 0.25) is 0 Å². The van der Waals surface area contributed by atoms with Gasteiger partial charge in [-0.15, -0.1) is 0 Å². The smallest absolute Gasteiger partial charge is 0.263 e. The molecular weight excluding hydrogens is 421 g/mol. The Hall–Kier alpha value is -4.05. The molecule has 0 bridgehead atoms. The number of aromatic amines is 1. The summed E-state index contributed by atoms with van der Waals surface area (Å²) in [4.78, 5) is 16.2. The van der Waals surface area contributed by atoms with Gasteiger partial charge in [0.15, 0.2) is 5.82 Å². The van der Waals surface area contributed by atoms with Gasteiger partial charge < -0.3 is 5.32 Å². The molecule has 0 atom stereocenters. The molecule has 3 N–H and O–H groups in total. The number of H-pyrrole nitrogens is 1. The molecule has 156 valence electrons. The first-order valence-corrected chi connectivity index (χ1v) is 10.5. The average molecular weight is 437 g/mol. The van der Waals surface area contributed by atoms with Crippen molar-refractivity contribution in [2.24, 2.45) is 0 Å². The van der Waals surface area contributed by atoms with E-state index in [1.165, 1.54) is 48.5 Å². The van der Waals surface area contributed by atoms with Crippen LogP contribution in [0.1, 0.15) is 10.4 Å². The number of hydrogen-bond acceptors (Lipinski definition) is 5.